The molecule has 0 aromatic heterocycles. The van der Waals surface area contributed by atoms with Crippen LogP contribution in [0.4, 0.5) is 0 Å². The summed E-state index contributed by atoms with van der Waals surface area (Å²) >= 11 is 0. The lowest BCUT2D eigenvalue weighted by molar-refractivity contribution is -0.0629. The second kappa shape index (κ2) is 7.14. The van der Waals surface area contributed by atoms with E-state index >= 15 is 0 Å². The Hall–Kier alpha value is -1.30. The van der Waals surface area contributed by atoms with Crippen LogP contribution in [0.25, 0.3) is 0 Å². The van der Waals surface area contributed by atoms with E-state index in [1.807, 2.05) is 6.07 Å². The van der Waals surface area contributed by atoms with Crippen molar-refractivity contribution in [3.63, 3.8) is 0 Å². The van der Waals surface area contributed by atoms with Crippen molar-refractivity contribution in [1.29, 1.82) is 0 Å². The molecular formula is C20H30N2O3. The van der Waals surface area contributed by atoms with E-state index in [0.717, 1.165) is 57.1 Å². The summed E-state index contributed by atoms with van der Waals surface area (Å²) in [6.45, 7) is 9.20. The fourth-order valence-electron chi connectivity index (χ4n) is 4.57. The van der Waals surface area contributed by atoms with Gasteiger partial charge < -0.3 is 14.2 Å². The molecule has 25 heavy (non-hydrogen) atoms. The van der Waals surface area contributed by atoms with Gasteiger partial charge in [-0.3, -0.25) is 9.80 Å². The molecule has 0 saturated carbocycles. The molecule has 2 saturated heterocycles. The summed E-state index contributed by atoms with van der Waals surface area (Å²) in [6, 6.07) is 6.36. The number of ether oxygens (including phenoxy) is 3. The molecule has 1 aromatic rings. The SMILES string of the molecule is CC(Cc1ccc2c(c1)OCO2)CN1CCN(C)C2(CCOCC2)C1. The van der Waals surface area contributed by atoms with E-state index < -0.39 is 0 Å². The van der Waals surface area contributed by atoms with E-state index in [2.05, 4.69) is 35.9 Å². The van der Waals surface area contributed by atoms with Crippen LogP contribution in [-0.2, 0) is 11.2 Å². The van der Waals surface area contributed by atoms with Gasteiger partial charge in [-0.05, 0) is 49.9 Å². The van der Waals surface area contributed by atoms with Crippen molar-refractivity contribution in [2.45, 2.75) is 31.7 Å². The van der Waals surface area contributed by atoms with Crippen LogP contribution in [0.1, 0.15) is 25.3 Å². The van der Waals surface area contributed by atoms with E-state index in [1.54, 1.807) is 0 Å². The molecule has 5 nitrogen and oxygen atoms in total. The maximum Gasteiger partial charge on any atom is 0.231 e. The van der Waals surface area contributed by atoms with Gasteiger partial charge in [0, 0.05) is 44.9 Å². The summed E-state index contributed by atoms with van der Waals surface area (Å²) in [7, 11) is 2.29. The maximum atomic E-state index is 5.61. The molecule has 0 bridgehead atoms. The molecule has 3 aliphatic rings. The molecule has 138 valence electrons. The zero-order chi connectivity index (χ0) is 17.3. The summed E-state index contributed by atoms with van der Waals surface area (Å²) in [5.74, 6) is 2.39. The van der Waals surface area contributed by atoms with Crippen molar-refractivity contribution in [3.8, 4) is 11.5 Å². The first-order valence-electron chi connectivity index (χ1n) is 9.54. The zero-order valence-electron chi connectivity index (χ0n) is 15.5. The van der Waals surface area contributed by atoms with Gasteiger partial charge >= 0.3 is 0 Å². The van der Waals surface area contributed by atoms with Crippen LogP contribution in [-0.4, -0.2) is 68.6 Å². The summed E-state index contributed by atoms with van der Waals surface area (Å²) in [4.78, 5) is 5.25. The van der Waals surface area contributed by atoms with Gasteiger partial charge in [-0.2, -0.15) is 0 Å². The van der Waals surface area contributed by atoms with Gasteiger partial charge in [0.05, 0.1) is 0 Å². The molecule has 3 heterocycles. The molecular weight excluding hydrogens is 316 g/mol. The van der Waals surface area contributed by atoms with Crippen LogP contribution < -0.4 is 9.47 Å². The predicted molar refractivity (Wildman–Crippen MR) is 97.3 cm³/mol. The van der Waals surface area contributed by atoms with Crippen LogP contribution in [0, 0.1) is 5.92 Å². The Bertz CT molecular complexity index is 601. The second-order valence-electron chi connectivity index (χ2n) is 7.99. The lowest BCUT2D eigenvalue weighted by Crippen LogP contribution is -2.63. The van der Waals surface area contributed by atoms with E-state index in [0.29, 0.717) is 18.2 Å². The summed E-state index contributed by atoms with van der Waals surface area (Å²) in [6.07, 6.45) is 3.41. The zero-order valence-corrected chi connectivity index (χ0v) is 15.5. The Labute approximate surface area is 150 Å². The Morgan fingerprint density at radius 3 is 2.76 bits per heavy atom. The highest BCUT2D eigenvalue weighted by Crippen LogP contribution is 2.34. The number of fused-ring (bicyclic) bond motifs is 1. The number of benzene rings is 1. The largest absolute Gasteiger partial charge is 0.454 e. The maximum absolute atomic E-state index is 5.61. The number of piperazine rings is 1. The van der Waals surface area contributed by atoms with E-state index in [1.165, 1.54) is 18.7 Å². The molecule has 0 N–H and O–H groups in total. The highest BCUT2D eigenvalue weighted by atomic mass is 16.7. The van der Waals surface area contributed by atoms with Gasteiger partial charge in [0.1, 0.15) is 0 Å². The lowest BCUT2D eigenvalue weighted by atomic mass is 9.85. The molecule has 3 aliphatic heterocycles. The van der Waals surface area contributed by atoms with Gasteiger partial charge in [-0.25, -0.2) is 0 Å². The first-order valence-corrected chi connectivity index (χ1v) is 9.54. The first kappa shape index (κ1) is 17.1. The highest BCUT2D eigenvalue weighted by molar-refractivity contribution is 5.44. The minimum atomic E-state index is 0.328. The van der Waals surface area contributed by atoms with Gasteiger partial charge in [0.2, 0.25) is 6.79 Å². The van der Waals surface area contributed by atoms with Crippen LogP contribution in [0.3, 0.4) is 0 Å². The third kappa shape index (κ3) is 3.64. The third-order valence-corrected chi connectivity index (χ3v) is 6.09. The van der Waals surface area contributed by atoms with Gasteiger partial charge in [-0.15, -0.1) is 0 Å². The highest BCUT2D eigenvalue weighted by Gasteiger charge is 2.40. The van der Waals surface area contributed by atoms with Gasteiger partial charge in [0.25, 0.3) is 0 Å². The van der Waals surface area contributed by atoms with Crippen molar-refractivity contribution in [3.05, 3.63) is 23.8 Å². The molecule has 1 atom stereocenters. The molecule has 0 amide bonds. The summed E-state index contributed by atoms with van der Waals surface area (Å²) in [5.41, 5.74) is 1.67. The number of hydrogen-bond donors (Lipinski definition) is 0. The minimum Gasteiger partial charge on any atom is -0.454 e. The van der Waals surface area contributed by atoms with E-state index in [-0.39, 0.29) is 0 Å². The van der Waals surface area contributed by atoms with Crippen LogP contribution in [0.2, 0.25) is 0 Å². The second-order valence-corrected chi connectivity index (χ2v) is 7.99. The van der Waals surface area contributed by atoms with Crippen molar-refractivity contribution >= 4 is 0 Å². The average molecular weight is 346 g/mol. The van der Waals surface area contributed by atoms with Crippen molar-refractivity contribution in [1.82, 2.24) is 9.80 Å². The molecule has 0 radical (unpaired) electrons. The third-order valence-electron chi connectivity index (χ3n) is 6.09. The Morgan fingerprint density at radius 2 is 1.92 bits per heavy atom. The number of likely N-dealkylation sites (N-methyl/N-ethyl adjacent to an activating group) is 1. The number of hydrogen-bond acceptors (Lipinski definition) is 5. The Kier molecular flexibility index (Phi) is 4.89. The number of nitrogens with zero attached hydrogens (tertiary/aromatic N) is 2. The van der Waals surface area contributed by atoms with Crippen molar-refractivity contribution in [2.75, 3.05) is 53.2 Å². The van der Waals surface area contributed by atoms with Crippen molar-refractivity contribution in [2.24, 2.45) is 5.92 Å². The van der Waals surface area contributed by atoms with E-state index in [9.17, 15) is 0 Å². The monoisotopic (exact) mass is 346 g/mol. The fourth-order valence-corrected chi connectivity index (χ4v) is 4.57. The Morgan fingerprint density at radius 1 is 1.12 bits per heavy atom. The first-order chi connectivity index (χ1) is 12.1. The molecule has 5 heteroatoms. The molecule has 4 rings (SSSR count). The van der Waals surface area contributed by atoms with E-state index in [4.69, 9.17) is 14.2 Å². The lowest BCUT2D eigenvalue weighted by Gasteiger charge is -2.51. The topological polar surface area (TPSA) is 34.2 Å². The van der Waals surface area contributed by atoms with Gasteiger partial charge in [-0.1, -0.05) is 13.0 Å². The Balaban J connectivity index is 1.35. The number of rotatable bonds is 4. The molecule has 2 fully saturated rings. The molecule has 0 aliphatic carbocycles. The average Bonchev–Trinajstić information content (AvgIpc) is 3.07. The molecule has 1 aromatic carbocycles. The predicted octanol–water partition coefficient (Wildman–Crippen LogP) is 2.39. The molecule has 1 unspecified atom stereocenters. The van der Waals surface area contributed by atoms with Crippen LogP contribution >= 0.6 is 0 Å². The van der Waals surface area contributed by atoms with Crippen LogP contribution in [0.15, 0.2) is 18.2 Å². The normalized spacial score (nSPS) is 24.6. The smallest absolute Gasteiger partial charge is 0.231 e. The minimum absolute atomic E-state index is 0.328. The van der Waals surface area contributed by atoms with Crippen LogP contribution in [0.5, 0.6) is 11.5 Å². The van der Waals surface area contributed by atoms with Gasteiger partial charge in [0.15, 0.2) is 11.5 Å². The van der Waals surface area contributed by atoms with Crippen molar-refractivity contribution < 1.29 is 14.2 Å². The summed E-state index contributed by atoms with van der Waals surface area (Å²) in [5, 5.41) is 0. The molecule has 1 spiro atoms. The quantitative estimate of drug-likeness (QED) is 0.836. The standard InChI is InChI=1S/C20H30N2O3/c1-16(11-17-3-4-18-19(12-17)25-15-24-18)13-22-8-7-21(2)20(14-22)5-9-23-10-6-20/h3-4,12,16H,5-11,13-15H2,1-2H3. The summed E-state index contributed by atoms with van der Waals surface area (Å²) < 4.78 is 16.5. The fraction of sp³-hybridized carbons (Fsp3) is 0.700.